The molecule has 0 saturated heterocycles. The summed E-state index contributed by atoms with van der Waals surface area (Å²) in [7, 11) is 0. The van der Waals surface area contributed by atoms with Gasteiger partial charge < -0.3 is 4.74 Å². The van der Waals surface area contributed by atoms with Gasteiger partial charge in [0.15, 0.2) is 0 Å². The van der Waals surface area contributed by atoms with Crippen LogP contribution in [0.4, 0.5) is 0 Å². The van der Waals surface area contributed by atoms with Crippen LogP contribution < -0.4 is 15.9 Å². The summed E-state index contributed by atoms with van der Waals surface area (Å²) in [5.41, 5.74) is 0.740. The molecule has 0 unspecified atom stereocenters. The average molecular weight is 483 g/mol. The number of rotatable bonds is 6. The molecule has 0 radical (unpaired) electrons. The number of benzene rings is 3. The van der Waals surface area contributed by atoms with Gasteiger partial charge in [0.1, 0.15) is 5.29 Å². The maximum atomic E-state index is 13.8. The van der Waals surface area contributed by atoms with Crippen molar-refractivity contribution >= 4 is 51.2 Å². The topological polar surface area (TPSA) is 43.4 Å². The summed E-state index contributed by atoms with van der Waals surface area (Å²) in [5.74, 6) is 4.53. The molecule has 5 heteroatoms. The normalized spacial score (nSPS) is 10.6. The van der Waals surface area contributed by atoms with Crippen LogP contribution in [-0.4, -0.2) is 23.7 Å². The number of ether oxygens (including phenoxy) is 1. The van der Waals surface area contributed by atoms with Crippen LogP contribution in [0.15, 0.2) is 108 Å². The molecule has 0 aliphatic heterocycles. The molecule has 34 heavy (non-hydrogen) atoms. The molecule has 0 bridgehead atoms. The van der Waals surface area contributed by atoms with E-state index in [-0.39, 0.29) is 11.9 Å². The summed E-state index contributed by atoms with van der Waals surface area (Å²) >= 11 is 1.50. The molecule has 0 aliphatic carbocycles. The lowest BCUT2D eigenvalue weighted by Crippen LogP contribution is -2.38. The molecule has 0 fully saturated rings. The van der Waals surface area contributed by atoms with Crippen LogP contribution in [0.2, 0.25) is 0 Å². The number of thiophene rings is 1. The Hall–Kier alpha value is -3.64. The van der Waals surface area contributed by atoms with Gasteiger partial charge >= 0.3 is 5.97 Å². The van der Waals surface area contributed by atoms with Crippen molar-refractivity contribution in [3.05, 3.63) is 113 Å². The first-order valence-corrected chi connectivity index (χ1v) is 13.6. The Morgan fingerprint density at radius 2 is 1.29 bits per heavy atom. The molecule has 0 atom stereocenters. The predicted octanol–water partition coefficient (Wildman–Crippen LogP) is 4.40. The van der Waals surface area contributed by atoms with E-state index in [9.17, 15) is 9.59 Å². The van der Waals surface area contributed by atoms with Crippen LogP contribution in [-0.2, 0) is 14.3 Å². The quantitative estimate of drug-likeness (QED) is 0.177. The van der Waals surface area contributed by atoms with Gasteiger partial charge in [-0.05, 0) is 47.1 Å². The van der Waals surface area contributed by atoms with Crippen molar-refractivity contribution in [1.29, 1.82) is 0 Å². The van der Waals surface area contributed by atoms with Gasteiger partial charge in [-0.2, -0.15) is 11.3 Å². The summed E-state index contributed by atoms with van der Waals surface area (Å²) in [6, 6.07) is 31.1. The standard InChI is InChI=1S/C29H23O3PS/c1-2-32-29(31)28(27(30)19-18-23-20-21-34-22-23)33(24-12-6-3-7-13-24,25-14-8-4-9-15-25)26-16-10-5-11-17-26/h3-17,20-22H,2H2,1H3. The smallest absolute Gasteiger partial charge is 0.343 e. The van der Waals surface area contributed by atoms with Gasteiger partial charge in [-0.3, -0.25) is 4.79 Å². The van der Waals surface area contributed by atoms with Crippen LogP contribution in [0.1, 0.15) is 12.5 Å². The summed E-state index contributed by atoms with van der Waals surface area (Å²) < 4.78 is 5.50. The minimum Gasteiger partial charge on any atom is -0.462 e. The molecule has 3 aromatic carbocycles. The van der Waals surface area contributed by atoms with Crippen LogP contribution in [0.5, 0.6) is 0 Å². The second kappa shape index (κ2) is 11.0. The van der Waals surface area contributed by atoms with Crippen molar-refractivity contribution in [2.45, 2.75) is 6.92 Å². The molecule has 0 spiro atoms. The van der Waals surface area contributed by atoms with Crippen molar-refractivity contribution in [3.8, 4) is 11.8 Å². The summed E-state index contributed by atoms with van der Waals surface area (Å²) in [5, 5.41) is 6.53. The van der Waals surface area contributed by atoms with Crippen LogP contribution in [0.25, 0.3) is 0 Å². The van der Waals surface area contributed by atoms with E-state index >= 15 is 0 Å². The zero-order valence-electron chi connectivity index (χ0n) is 18.7. The third-order valence-corrected chi connectivity index (χ3v) is 10.2. The molecule has 1 heterocycles. The van der Waals surface area contributed by atoms with E-state index in [4.69, 9.17) is 4.74 Å². The fourth-order valence-corrected chi connectivity index (χ4v) is 8.71. The van der Waals surface area contributed by atoms with Gasteiger partial charge in [0.05, 0.1) is 6.61 Å². The Kier molecular flexibility index (Phi) is 7.60. The second-order valence-corrected chi connectivity index (χ2v) is 11.5. The van der Waals surface area contributed by atoms with E-state index in [1.165, 1.54) is 11.3 Å². The fourth-order valence-electron chi connectivity index (χ4n) is 3.89. The summed E-state index contributed by atoms with van der Waals surface area (Å²) in [6.45, 7) is -1.02. The number of esters is 1. The predicted molar refractivity (Wildman–Crippen MR) is 143 cm³/mol. The fraction of sp³-hybridized carbons (Fsp3) is 0.0690. The number of carbonyl (C=O) groups excluding carboxylic acids is 2. The summed E-state index contributed by atoms with van der Waals surface area (Å²) in [4.78, 5) is 27.4. The van der Waals surface area contributed by atoms with E-state index in [0.717, 1.165) is 21.5 Å². The first-order chi connectivity index (χ1) is 16.7. The second-order valence-electron chi connectivity index (χ2n) is 7.34. The monoisotopic (exact) mass is 482 g/mol. The average Bonchev–Trinajstić information content (AvgIpc) is 3.41. The van der Waals surface area contributed by atoms with Crippen LogP contribution >= 0.6 is 18.2 Å². The first kappa shape index (κ1) is 23.5. The van der Waals surface area contributed by atoms with Gasteiger partial charge in [0, 0.05) is 10.9 Å². The van der Waals surface area contributed by atoms with Gasteiger partial charge in [-0.25, -0.2) is 4.79 Å². The molecule has 0 N–H and O–H groups in total. The van der Waals surface area contributed by atoms with Gasteiger partial charge in [-0.15, -0.1) is 0 Å². The highest BCUT2D eigenvalue weighted by atomic mass is 32.1. The Morgan fingerprint density at radius 1 is 0.794 bits per heavy atom. The number of hydrogen-bond acceptors (Lipinski definition) is 4. The van der Waals surface area contributed by atoms with Gasteiger partial charge in [-0.1, -0.05) is 96.9 Å². The van der Waals surface area contributed by atoms with Crippen LogP contribution in [0, 0.1) is 11.8 Å². The minimum atomic E-state index is -2.92. The molecule has 0 saturated carbocycles. The number of carbonyl (C=O) groups is 2. The van der Waals surface area contributed by atoms with E-state index in [0.29, 0.717) is 0 Å². The Morgan fingerprint density at radius 3 is 1.71 bits per heavy atom. The van der Waals surface area contributed by atoms with Crippen molar-refractivity contribution in [2.24, 2.45) is 0 Å². The maximum Gasteiger partial charge on any atom is 0.343 e. The van der Waals surface area contributed by atoms with E-state index in [1.54, 1.807) is 6.92 Å². The molecule has 4 aromatic rings. The number of hydrogen-bond donors (Lipinski definition) is 0. The third-order valence-electron chi connectivity index (χ3n) is 5.29. The van der Waals surface area contributed by atoms with E-state index in [1.807, 2.05) is 108 Å². The van der Waals surface area contributed by atoms with Crippen LogP contribution in [0.3, 0.4) is 0 Å². The van der Waals surface area contributed by atoms with E-state index in [2.05, 4.69) is 11.8 Å². The molecule has 168 valence electrons. The third kappa shape index (κ3) is 4.68. The largest absolute Gasteiger partial charge is 0.462 e. The van der Waals surface area contributed by atoms with Crippen molar-refractivity contribution in [2.75, 3.05) is 6.61 Å². The molecule has 3 nitrogen and oxygen atoms in total. The van der Waals surface area contributed by atoms with Gasteiger partial charge in [0.25, 0.3) is 0 Å². The molecule has 4 rings (SSSR count). The lowest BCUT2D eigenvalue weighted by molar-refractivity contribution is -0.135. The Bertz CT molecular complexity index is 1280. The van der Waals surface area contributed by atoms with Crippen molar-refractivity contribution < 1.29 is 14.3 Å². The van der Waals surface area contributed by atoms with Crippen molar-refractivity contribution in [3.63, 3.8) is 0 Å². The maximum absolute atomic E-state index is 13.8. The molecule has 0 amide bonds. The number of Topliss-reactive ketones (excluding diaryl/α,β-unsaturated/α-hetero) is 1. The highest BCUT2D eigenvalue weighted by Crippen LogP contribution is 2.46. The Labute approximate surface area is 204 Å². The minimum absolute atomic E-state index is 0.0840. The number of ketones is 1. The highest BCUT2D eigenvalue weighted by Gasteiger charge is 2.37. The Balaban J connectivity index is 2.18. The first-order valence-electron chi connectivity index (χ1n) is 10.9. The summed E-state index contributed by atoms with van der Waals surface area (Å²) in [6.07, 6.45) is 0. The highest BCUT2D eigenvalue weighted by molar-refractivity contribution is 7.97. The lowest BCUT2D eigenvalue weighted by Gasteiger charge is -2.30. The lowest BCUT2D eigenvalue weighted by atomic mass is 10.2. The molecular weight excluding hydrogens is 459 g/mol. The van der Waals surface area contributed by atoms with Crippen molar-refractivity contribution in [1.82, 2.24) is 0 Å². The van der Waals surface area contributed by atoms with E-state index < -0.39 is 18.6 Å². The zero-order chi connectivity index (χ0) is 23.8. The van der Waals surface area contributed by atoms with Gasteiger partial charge in [0.2, 0.25) is 5.78 Å². The SMILES string of the molecule is CCOC(=O)C(C(=O)C#Cc1ccsc1)=P(c1ccccc1)(c1ccccc1)c1ccccc1. The molecule has 0 aliphatic rings. The molecule has 1 aromatic heterocycles. The molecular formula is C29H23O3PS. The zero-order valence-corrected chi connectivity index (χ0v) is 20.4.